The van der Waals surface area contributed by atoms with E-state index in [0.717, 1.165) is 42.3 Å². The molecule has 0 aliphatic carbocycles. The van der Waals surface area contributed by atoms with Gasteiger partial charge in [0.2, 0.25) is 0 Å². The zero-order chi connectivity index (χ0) is 18.1. The summed E-state index contributed by atoms with van der Waals surface area (Å²) in [6.45, 7) is 5.74. The van der Waals surface area contributed by atoms with Crippen molar-refractivity contribution in [1.29, 1.82) is 5.26 Å². The second kappa shape index (κ2) is 7.20. The van der Waals surface area contributed by atoms with Crippen LogP contribution in [-0.2, 0) is 0 Å². The molecule has 1 aromatic carbocycles. The molecular formula is C19H21ClN6. The fourth-order valence-corrected chi connectivity index (χ4v) is 4.13. The summed E-state index contributed by atoms with van der Waals surface area (Å²) < 4.78 is 0. The molecule has 0 amide bonds. The Kier molecular flexibility index (Phi) is 4.77. The number of nitriles is 1. The van der Waals surface area contributed by atoms with E-state index in [4.69, 9.17) is 16.6 Å². The van der Waals surface area contributed by atoms with Gasteiger partial charge in [-0.25, -0.2) is 4.99 Å². The second-order valence-corrected chi connectivity index (χ2v) is 7.31. The van der Waals surface area contributed by atoms with Gasteiger partial charge < -0.3 is 5.32 Å². The standard InChI is InChI=1S/C19H21ClN6/c1-12-9-22-6-7-26(12)11-17-14(8-21)18(13-4-2-3-5-16(13)20)15-10-23-25-19(15)24-17/h2-5,10,12,14,18,22H,6-7,9,11H2,1H3,(H,23,25). The minimum absolute atomic E-state index is 0.159. The summed E-state index contributed by atoms with van der Waals surface area (Å²) in [6.07, 6.45) is 1.77. The van der Waals surface area contributed by atoms with Crippen LogP contribution in [0.15, 0.2) is 35.5 Å². The number of H-pyrrole nitrogens is 1. The third-order valence-electron chi connectivity index (χ3n) is 5.31. The summed E-state index contributed by atoms with van der Waals surface area (Å²) in [7, 11) is 0. The van der Waals surface area contributed by atoms with E-state index in [-0.39, 0.29) is 11.8 Å². The lowest BCUT2D eigenvalue weighted by Crippen LogP contribution is -2.52. The van der Waals surface area contributed by atoms with Crippen molar-refractivity contribution < 1.29 is 0 Å². The molecule has 0 radical (unpaired) electrons. The number of piperazine rings is 1. The van der Waals surface area contributed by atoms with Gasteiger partial charge in [0.25, 0.3) is 0 Å². The zero-order valence-corrected chi connectivity index (χ0v) is 15.4. The van der Waals surface area contributed by atoms with Gasteiger partial charge >= 0.3 is 0 Å². The molecule has 6 nitrogen and oxygen atoms in total. The molecule has 1 aromatic heterocycles. The molecule has 1 fully saturated rings. The minimum atomic E-state index is -0.359. The Morgan fingerprint density at radius 1 is 1.35 bits per heavy atom. The molecule has 4 rings (SSSR count). The first-order chi connectivity index (χ1) is 12.7. The number of aromatic amines is 1. The highest BCUT2D eigenvalue weighted by Gasteiger charge is 2.37. The highest BCUT2D eigenvalue weighted by molar-refractivity contribution is 6.31. The number of nitrogens with zero attached hydrogens (tertiary/aromatic N) is 4. The molecular weight excluding hydrogens is 348 g/mol. The van der Waals surface area contributed by atoms with Crippen molar-refractivity contribution in [2.75, 3.05) is 26.2 Å². The van der Waals surface area contributed by atoms with E-state index in [1.807, 2.05) is 24.3 Å². The Bertz CT molecular complexity index is 867. The molecule has 0 spiro atoms. The van der Waals surface area contributed by atoms with Crippen molar-refractivity contribution in [3.05, 3.63) is 46.6 Å². The molecule has 1 saturated heterocycles. The monoisotopic (exact) mass is 368 g/mol. The van der Waals surface area contributed by atoms with Crippen molar-refractivity contribution in [1.82, 2.24) is 20.4 Å². The third kappa shape index (κ3) is 3.03. The van der Waals surface area contributed by atoms with Gasteiger partial charge in [-0.3, -0.25) is 10.00 Å². The first kappa shape index (κ1) is 17.2. The van der Waals surface area contributed by atoms with E-state index in [1.54, 1.807) is 6.20 Å². The van der Waals surface area contributed by atoms with Gasteiger partial charge in [0.1, 0.15) is 0 Å². The summed E-state index contributed by atoms with van der Waals surface area (Å²) in [4.78, 5) is 7.14. The third-order valence-corrected chi connectivity index (χ3v) is 5.66. The molecule has 134 valence electrons. The van der Waals surface area contributed by atoms with E-state index in [1.165, 1.54) is 0 Å². The number of benzene rings is 1. The van der Waals surface area contributed by atoms with Gasteiger partial charge in [-0.05, 0) is 18.6 Å². The van der Waals surface area contributed by atoms with Crippen LogP contribution < -0.4 is 5.32 Å². The van der Waals surface area contributed by atoms with Crippen LogP contribution in [-0.4, -0.2) is 53.0 Å². The first-order valence-electron chi connectivity index (χ1n) is 8.88. The van der Waals surface area contributed by atoms with Crippen LogP contribution in [0.25, 0.3) is 0 Å². The van der Waals surface area contributed by atoms with Crippen molar-refractivity contribution in [3.63, 3.8) is 0 Å². The molecule has 26 heavy (non-hydrogen) atoms. The lowest BCUT2D eigenvalue weighted by Gasteiger charge is -2.36. The first-order valence-corrected chi connectivity index (χ1v) is 9.26. The van der Waals surface area contributed by atoms with E-state index >= 15 is 0 Å². The zero-order valence-electron chi connectivity index (χ0n) is 14.6. The number of aliphatic imine (C=N–C) groups is 1. The fourth-order valence-electron chi connectivity index (χ4n) is 3.87. The topological polar surface area (TPSA) is 80.1 Å². The normalized spacial score (nSPS) is 26.0. The smallest absolute Gasteiger partial charge is 0.151 e. The van der Waals surface area contributed by atoms with Crippen LogP contribution >= 0.6 is 11.6 Å². The number of fused-ring (bicyclic) bond motifs is 1. The lowest BCUT2D eigenvalue weighted by atomic mass is 9.77. The van der Waals surface area contributed by atoms with Crippen LogP contribution in [0.3, 0.4) is 0 Å². The van der Waals surface area contributed by atoms with Crippen molar-refractivity contribution in [2.45, 2.75) is 18.9 Å². The quantitative estimate of drug-likeness (QED) is 0.872. The summed E-state index contributed by atoms with van der Waals surface area (Å²) in [5.74, 6) is 0.217. The molecule has 3 heterocycles. The largest absolute Gasteiger partial charge is 0.314 e. The maximum atomic E-state index is 10.0. The average Bonchev–Trinajstić information content (AvgIpc) is 3.11. The number of aromatic nitrogens is 2. The Morgan fingerprint density at radius 3 is 2.96 bits per heavy atom. The van der Waals surface area contributed by atoms with Gasteiger partial charge in [0.15, 0.2) is 5.82 Å². The highest BCUT2D eigenvalue weighted by Crippen LogP contribution is 2.43. The molecule has 2 N–H and O–H groups in total. The van der Waals surface area contributed by atoms with Gasteiger partial charge in [-0.2, -0.15) is 10.4 Å². The Balaban J connectivity index is 1.74. The molecule has 2 aliphatic rings. The van der Waals surface area contributed by atoms with Gasteiger partial charge in [0, 0.05) is 48.7 Å². The fraction of sp³-hybridized carbons (Fsp3) is 0.421. The van der Waals surface area contributed by atoms with Crippen LogP contribution in [0.4, 0.5) is 5.82 Å². The molecule has 2 aliphatic heterocycles. The summed E-state index contributed by atoms with van der Waals surface area (Å²) in [5.41, 5.74) is 2.76. The van der Waals surface area contributed by atoms with E-state index < -0.39 is 0 Å². The van der Waals surface area contributed by atoms with E-state index in [2.05, 4.69) is 33.4 Å². The van der Waals surface area contributed by atoms with Crippen LogP contribution in [0.2, 0.25) is 5.02 Å². The summed E-state index contributed by atoms with van der Waals surface area (Å²) >= 11 is 6.48. The molecule has 2 aromatic rings. The summed E-state index contributed by atoms with van der Waals surface area (Å²) in [5, 5.41) is 21.2. The van der Waals surface area contributed by atoms with Crippen LogP contribution in [0.1, 0.15) is 24.0 Å². The number of nitrogens with one attached hydrogen (secondary N) is 2. The van der Waals surface area contributed by atoms with Gasteiger partial charge in [-0.15, -0.1) is 0 Å². The van der Waals surface area contributed by atoms with Crippen molar-refractivity contribution in [2.24, 2.45) is 10.9 Å². The molecule has 7 heteroatoms. The van der Waals surface area contributed by atoms with Crippen LogP contribution in [0.5, 0.6) is 0 Å². The predicted octanol–water partition coefficient (Wildman–Crippen LogP) is 2.71. The summed E-state index contributed by atoms with van der Waals surface area (Å²) in [6, 6.07) is 10.6. The Labute approximate surface area is 157 Å². The minimum Gasteiger partial charge on any atom is -0.314 e. The van der Waals surface area contributed by atoms with Crippen LogP contribution in [0, 0.1) is 17.2 Å². The number of hydrogen-bond acceptors (Lipinski definition) is 5. The SMILES string of the molecule is CC1CNCCN1CC1=Nc2[nH]ncc2C(c2ccccc2Cl)C1C#N. The van der Waals surface area contributed by atoms with Gasteiger partial charge in [0.05, 0.1) is 23.9 Å². The number of halogens is 1. The predicted molar refractivity (Wildman–Crippen MR) is 102 cm³/mol. The molecule has 3 unspecified atom stereocenters. The van der Waals surface area contributed by atoms with E-state index in [9.17, 15) is 5.26 Å². The second-order valence-electron chi connectivity index (χ2n) is 6.91. The van der Waals surface area contributed by atoms with E-state index in [0.29, 0.717) is 17.6 Å². The Hall–Kier alpha value is -2.20. The Morgan fingerprint density at radius 2 is 2.19 bits per heavy atom. The van der Waals surface area contributed by atoms with Gasteiger partial charge in [-0.1, -0.05) is 29.8 Å². The molecule has 0 bridgehead atoms. The average molecular weight is 369 g/mol. The lowest BCUT2D eigenvalue weighted by molar-refractivity contribution is 0.197. The number of rotatable bonds is 3. The highest BCUT2D eigenvalue weighted by atomic mass is 35.5. The maximum Gasteiger partial charge on any atom is 0.151 e. The van der Waals surface area contributed by atoms with Crippen molar-refractivity contribution >= 4 is 23.1 Å². The maximum absolute atomic E-state index is 10.0. The number of hydrogen-bond donors (Lipinski definition) is 2. The molecule has 0 saturated carbocycles. The molecule has 3 atom stereocenters. The van der Waals surface area contributed by atoms with Crippen molar-refractivity contribution in [3.8, 4) is 6.07 Å².